The van der Waals surface area contributed by atoms with Gasteiger partial charge in [0.05, 0.1) is 6.54 Å². The molecule has 104 valence electrons. The zero-order chi connectivity index (χ0) is 14.1. The van der Waals surface area contributed by atoms with Crippen molar-refractivity contribution in [2.45, 2.75) is 18.9 Å². The third kappa shape index (κ3) is 2.94. The molecule has 1 aromatic carbocycles. The molecule has 0 spiro atoms. The third-order valence-electron chi connectivity index (χ3n) is 3.34. The molecule has 1 aliphatic rings. The predicted molar refractivity (Wildman–Crippen MR) is 75.5 cm³/mol. The third-order valence-corrected chi connectivity index (χ3v) is 3.77. The molecular formula is C13H12Cl2N4O. The number of carbonyl (C=O) groups excluding carboxylic acids is 1. The summed E-state index contributed by atoms with van der Waals surface area (Å²) >= 11 is 11.9. The first kappa shape index (κ1) is 13.4. The summed E-state index contributed by atoms with van der Waals surface area (Å²) in [6, 6.07) is 5.41. The van der Waals surface area contributed by atoms with Crippen LogP contribution in [0.4, 0.5) is 0 Å². The summed E-state index contributed by atoms with van der Waals surface area (Å²) in [6.45, 7) is 0.359. The Kier molecular flexibility index (Phi) is 3.63. The Morgan fingerprint density at radius 3 is 2.75 bits per heavy atom. The SMILES string of the molecule is O=C(NCc1ncn[nH]1)[C@@H]1C[C@H]1c1cc(Cl)cc(Cl)c1. The van der Waals surface area contributed by atoms with Crippen LogP contribution in [0.3, 0.4) is 0 Å². The number of H-pyrrole nitrogens is 1. The minimum absolute atomic E-state index is 0.0162. The second-order valence-electron chi connectivity index (χ2n) is 4.80. The van der Waals surface area contributed by atoms with Gasteiger partial charge >= 0.3 is 0 Å². The highest BCUT2D eigenvalue weighted by Gasteiger charge is 2.44. The van der Waals surface area contributed by atoms with Crippen molar-refractivity contribution in [3.8, 4) is 0 Å². The van der Waals surface area contributed by atoms with E-state index in [2.05, 4.69) is 20.5 Å². The molecule has 2 N–H and O–H groups in total. The maximum Gasteiger partial charge on any atom is 0.224 e. The average molecular weight is 311 g/mol. The predicted octanol–water partition coefficient (Wildman–Crippen LogP) is 2.53. The van der Waals surface area contributed by atoms with Gasteiger partial charge in [0.1, 0.15) is 12.2 Å². The van der Waals surface area contributed by atoms with Gasteiger partial charge in [-0.25, -0.2) is 4.98 Å². The van der Waals surface area contributed by atoms with Crippen molar-refractivity contribution >= 4 is 29.1 Å². The van der Waals surface area contributed by atoms with Crippen LogP contribution in [0, 0.1) is 5.92 Å². The molecule has 0 radical (unpaired) electrons. The Morgan fingerprint density at radius 1 is 1.35 bits per heavy atom. The molecule has 0 unspecified atom stereocenters. The highest BCUT2D eigenvalue weighted by molar-refractivity contribution is 6.34. The summed E-state index contributed by atoms with van der Waals surface area (Å²) in [5.41, 5.74) is 1.02. The number of nitrogens with zero attached hydrogens (tertiary/aromatic N) is 2. The van der Waals surface area contributed by atoms with Crippen LogP contribution < -0.4 is 5.32 Å². The van der Waals surface area contributed by atoms with Crippen molar-refractivity contribution < 1.29 is 4.79 Å². The first-order chi connectivity index (χ1) is 9.63. The summed E-state index contributed by atoms with van der Waals surface area (Å²) < 4.78 is 0. The van der Waals surface area contributed by atoms with Crippen LogP contribution in [-0.2, 0) is 11.3 Å². The quantitative estimate of drug-likeness (QED) is 0.911. The van der Waals surface area contributed by atoms with Gasteiger partial charge in [-0.15, -0.1) is 0 Å². The Hall–Kier alpha value is -1.59. The molecule has 0 saturated heterocycles. The van der Waals surface area contributed by atoms with Crippen molar-refractivity contribution in [1.82, 2.24) is 20.5 Å². The summed E-state index contributed by atoms with van der Waals surface area (Å²) in [5, 5.41) is 10.5. The first-order valence-electron chi connectivity index (χ1n) is 6.21. The average Bonchev–Trinajstić information content (AvgIpc) is 3.03. The number of aromatic nitrogens is 3. The van der Waals surface area contributed by atoms with Gasteiger partial charge in [-0.3, -0.25) is 9.89 Å². The molecule has 1 heterocycles. The van der Waals surface area contributed by atoms with E-state index < -0.39 is 0 Å². The van der Waals surface area contributed by atoms with Crippen LogP contribution in [0.1, 0.15) is 23.7 Å². The van der Waals surface area contributed by atoms with Crippen LogP contribution in [0.5, 0.6) is 0 Å². The molecule has 20 heavy (non-hydrogen) atoms. The van der Waals surface area contributed by atoms with Gasteiger partial charge in [0.2, 0.25) is 5.91 Å². The van der Waals surface area contributed by atoms with Gasteiger partial charge in [0, 0.05) is 16.0 Å². The lowest BCUT2D eigenvalue weighted by Crippen LogP contribution is -2.25. The molecule has 5 nitrogen and oxygen atoms in total. The second-order valence-corrected chi connectivity index (χ2v) is 5.67. The van der Waals surface area contributed by atoms with Gasteiger partial charge in [-0.05, 0) is 36.1 Å². The lowest BCUT2D eigenvalue weighted by Gasteiger charge is -2.04. The number of carbonyl (C=O) groups is 1. The lowest BCUT2D eigenvalue weighted by molar-refractivity contribution is -0.122. The van der Waals surface area contributed by atoms with Gasteiger partial charge in [0.15, 0.2) is 0 Å². The van der Waals surface area contributed by atoms with E-state index in [1.165, 1.54) is 6.33 Å². The molecule has 1 fully saturated rings. The lowest BCUT2D eigenvalue weighted by atomic mass is 10.1. The van der Waals surface area contributed by atoms with Crippen LogP contribution in [0.2, 0.25) is 10.0 Å². The van der Waals surface area contributed by atoms with E-state index in [1.54, 1.807) is 6.07 Å². The van der Waals surface area contributed by atoms with E-state index in [4.69, 9.17) is 23.2 Å². The summed E-state index contributed by atoms with van der Waals surface area (Å²) in [6.07, 6.45) is 2.23. The standard InChI is InChI=1S/C13H12Cl2N4O/c14-8-1-7(2-9(15)3-8)10-4-11(10)13(20)16-5-12-17-6-18-19-12/h1-3,6,10-11H,4-5H2,(H,16,20)(H,17,18,19)/t10-,11+/m0/s1. The molecule has 1 saturated carbocycles. The van der Waals surface area contributed by atoms with Crippen LogP contribution in [0.15, 0.2) is 24.5 Å². The summed E-state index contributed by atoms with van der Waals surface area (Å²) in [5.74, 6) is 0.831. The maximum absolute atomic E-state index is 12.0. The van der Waals surface area contributed by atoms with E-state index in [9.17, 15) is 4.79 Å². The number of aromatic amines is 1. The molecule has 2 atom stereocenters. The van der Waals surface area contributed by atoms with Gasteiger partial charge in [0.25, 0.3) is 0 Å². The maximum atomic E-state index is 12.0. The number of hydrogen-bond acceptors (Lipinski definition) is 3. The number of benzene rings is 1. The number of halogens is 2. The largest absolute Gasteiger partial charge is 0.349 e. The minimum Gasteiger partial charge on any atom is -0.349 e. The zero-order valence-corrected chi connectivity index (χ0v) is 11.9. The van der Waals surface area contributed by atoms with Crippen molar-refractivity contribution in [2.75, 3.05) is 0 Å². The molecule has 3 rings (SSSR count). The number of hydrogen-bond donors (Lipinski definition) is 2. The van der Waals surface area contributed by atoms with E-state index in [0.29, 0.717) is 22.4 Å². The molecule has 1 amide bonds. The normalized spacial score (nSPS) is 20.7. The summed E-state index contributed by atoms with van der Waals surface area (Å²) in [4.78, 5) is 16.0. The monoisotopic (exact) mass is 310 g/mol. The van der Waals surface area contributed by atoms with Gasteiger partial charge in [-0.2, -0.15) is 5.10 Å². The second kappa shape index (κ2) is 5.42. The van der Waals surface area contributed by atoms with E-state index in [1.807, 2.05) is 12.1 Å². The molecule has 1 aliphatic carbocycles. The number of amides is 1. The van der Waals surface area contributed by atoms with Crippen LogP contribution in [-0.4, -0.2) is 21.1 Å². The smallest absolute Gasteiger partial charge is 0.224 e. The van der Waals surface area contributed by atoms with E-state index >= 15 is 0 Å². The van der Waals surface area contributed by atoms with Crippen LogP contribution in [0.25, 0.3) is 0 Å². The Balaban J connectivity index is 1.59. The van der Waals surface area contributed by atoms with E-state index in [-0.39, 0.29) is 17.7 Å². The molecule has 0 bridgehead atoms. The molecule has 1 aromatic heterocycles. The Bertz CT molecular complexity index is 609. The fraction of sp³-hybridized carbons (Fsp3) is 0.308. The molecular weight excluding hydrogens is 299 g/mol. The van der Waals surface area contributed by atoms with Gasteiger partial charge < -0.3 is 5.32 Å². The number of rotatable bonds is 4. The molecule has 7 heteroatoms. The molecule has 2 aromatic rings. The Labute approximate surface area is 125 Å². The fourth-order valence-corrected chi connectivity index (χ4v) is 2.80. The van der Waals surface area contributed by atoms with Crippen LogP contribution >= 0.6 is 23.2 Å². The first-order valence-corrected chi connectivity index (χ1v) is 6.97. The fourth-order valence-electron chi connectivity index (χ4n) is 2.26. The van der Waals surface area contributed by atoms with Crippen molar-refractivity contribution in [3.63, 3.8) is 0 Å². The summed E-state index contributed by atoms with van der Waals surface area (Å²) in [7, 11) is 0. The van der Waals surface area contributed by atoms with E-state index in [0.717, 1.165) is 12.0 Å². The van der Waals surface area contributed by atoms with Crippen molar-refractivity contribution in [2.24, 2.45) is 5.92 Å². The molecule has 0 aliphatic heterocycles. The topological polar surface area (TPSA) is 70.7 Å². The number of nitrogens with one attached hydrogen (secondary N) is 2. The Morgan fingerprint density at radius 2 is 2.10 bits per heavy atom. The zero-order valence-electron chi connectivity index (χ0n) is 10.4. The van der Waals surface area contributed by atoms with Gasteiger partial charge in [-0.1, -0.05) is 23.2 Å². The minimum atomic E-state index is -0.0209. The highest BCUT2D eigenvalue weighted by Crippen LogP contribution is 2.48. The highest BCUT2D eigenvalue weighted by atomic mass is 35.5. The van der Waals surface area contributed by atoms with Crippen molar-refractivity contribution in [1.29, 1.82) is 0 Å². The van der Waals surface area contributed by atoms with Crippen molar-refractivity contribution in [3.05, 3.63) is 46.0 Å².